The predicted molar refractivity (Wildman–Crippen MR) is 102 cm³/mol. The van der Waals surface area contributed by atoms with E-state index in [1.54, 1.807) is 0 Å². The van der Waals surface area contributed by atoms with E-state index in [2.05, 4.69) is 36.6 Å². The van der Waals surface area contributed by atoms with Crippen molar-refractivity contribution in [1.82, 2.24) is 14.0 Å². The van der Waals surface area contributed by atoms with E-state index < -0.39 is 0 Å². The van der Waals surface area contributed by atoms with Crippen LogP contribution in [0.5, 0.6) is 0 Å². The van der Waals surface area contributed by atoms with Gasteiger partial charge in [0.25, 0.3) is 0 Å². The Morgan fingerprint density at radius 1 is 1.08 bits per heavy atom. The van der Waals surface area contributed by atoms with Crippen molar-refractivity contribution in [3.8, 4) is 5.69 Å². The van der Waals surface area contributed by atoms with E-state index in [1.165, 1.54) is 5.56 Å². The third-order valence-corrected chi connectivity index (χ3v) is 4.66. The second-order valence-corrected chi connectivity index (χ2v) is 6.52. The van der Waals surface area contributed by atoms with Crippen molar-refractivity contribution in [3.05, 3.63) is 65.0 Å². The van der Waals surface area contributed by atoms with Gasteiger partial charge in [0.05, 0.1) is 29.0 Å². The molecule has 132 valence electrons. The average molecular weight is 347 g/mol. The van der Waals surface area contributed by atoms with Gasteiger partial charge in [0.1, 0.15) is 0 Å². The van der Waals surface area contributed by atoms with E-state index in [9.17, 15) is 4.79 Å². The summed E-state index contributed by atoms with van der Waals surface area (Å²) in [5.74, 6) is 0.375. The van der Waals surface area contributed by atoms with Crippen molar-refractivity contribution < 1.29 is 9.53 Å². The van der Waals surface area contributed by atoms with Gasteiger partial charge in [0, 0.05) is 0 Å². The highest BCUT2D eigenvalue weighted by atomic mass is 16.5. The zero-order valence-corrected chi connectivity index (χ0v) is 15.4. The fraction of sp³-hybridized carbons (Fsp3) is 0.238. The summed E-state index contributed by atoms with van der Waals surface area (Å²) < 4.78 is 9.29. The summed E-state index contributed by atoms with van der Waals surface area (Å²) in [6.45, 7) is 8.17. The van der Waals surface area contributed by atoms with Gasteiger partial charge in [0.2, 0.25) is 5.78 Å². The van der Waals surface area contributed by atoms with E-state index in [1.807, 2.05) is 42.5 Å². The summed E-state index contributed by atoms with van der Waals surface area (Å²) in [4.78, 5) is 17.3. The quantitative estimate of drug-likeness (QED) is 0.517. The molecule has 0 saturated heterocycles. The Bertz CT molecular complexity index is 1150. The number of benzene rings is 2. The maximum Gasteiger partial charge on any atom is 0.357 e. The maximum atomic E-state index is 12.5. The van der Waals surface area contributed by atoms with Gasteiger partial charge in [-0.3, -0.25) is 8.97 Å². The highest BCUT2D eigenvalue weighted by Gasteiger charge is 2.24. The molecule has 0 fully saturated rings. The Balaban J connectivity index is 2.13. The van der Waals surface area contributed by atoms with Gasteiger partial charge in [-0.1, -0.05) is 29.8 Å². The molecule has 0 radical (unpaired) electrons. The number of hydrogen-bond donors (Lipinski definition) is 0. The normalized spacial score (nSPS) is 11.4. The molecule has 0 aliphatic carbocycles. The minimum Gasteiger partial charge on any atom is -0.461 e. The van der Waals surface area contributed by atoms with E-state index >= 15 is 0 Å². The van der Waals surface area contributed by atoms with Crippen LogP contribution in [0.15, 0.2) is 42.5 Å². The van der Waals surface area contributed by atoms with Gasteiger partial charge in [-0.05, 0) is 51.5 Å². The first kappa shape index (κ1) is 16.4. The highest BCUT2D eigenvalue weighted by molar-refractivity contribution is 5.94. The number of aryl methyl sites for hydroxylation is 3. The molecule has 2 aromatic heterocycles. The third-order valence-electron chi connectivity index (χ3n) is 4.66. The number of rotatable bonds is 3. The first-order chi connectivity index (χ1) is 12.5. The molecule has 5 nitrogen and oxygen atoms in total. The Hall–Kier alpha value is -3.08. The fourth-order valence-electron chi connectivity index (χ4n) is 3.58. The topological polar surface area (TPSA) is 48.5 Å². The van der Waals surface area contributed by atoms with Crippen molar-refractivity contribution in [1.29, 1.82) is 0 Å². The number of carbonyl (C=O) groups excluding carboxylic acids is 1. The Kier molecular flexibility index (Phi) is 3.80. The van der Waals surface area contributed by atoms with Crippen molar-refractivity contribution in [2.24, 2.45) is 0 Å². The van der Waals surface area contributed by atoms with Crippen LogP contribution in [0, 0.1) is 20.8 Å². The van der Waals surface area contributed by atoms with Crippen molar-refractivity contribution in [2.75, 3.05) is 6.61 Å². The minimum absolute atomic E-state index is 0.335. The van der Waals surface area contributed by atoms with Gasteiger partial charge in [-0.2, -0.15) is 0 Å². The summed E-state index contributed by atoms with van der Waals surface area (Å²) in [6.07, 6.45) is 0. The zero-order valence-electron chi connectivity index (χ0n) is 15.4. The molecule has 4 aromatic rings. The summed E-state index contributed by atoms with van der Waals surface area (Å²) in [6, 6.07) is 14.4. The van der Waals surface area contributed by atoms with Crippen LogP contribution >= 0.6 is 0 Å². The molecular weight excluding hydrogens is 326 g/mol. The number of carbonyl (C=O) groups is 1. The molecule has 0 spiro atoms. The lowest BCUT2D eigenvalue weighted by molar-refractivity contribution is 0.0518. The van der Waals surface area contributed by atoms with Gasteiger partial charge in [-0.25, -0.2) is 9.78 Å². The lowest BCUT2D eigenvalue weighted by atomic mass is 10.1. The van der Waals surface area contributed by atoms with Crippen LogP contribution < -0.4 is 0 Å². The lowest BCUT2D eigenvalue weighted by Gasteiger charge is -2.09. The molecule has 0 N–H and O–H groups in total. The van der Waals surface area contributed by atoms with Crippen LogP contribution in [-0.4, -0.2) is 26.5 Å². The highest BCUT2D eigenvalue weighted by Crippen LogP contribution is 2.29. The van der Waals surface area contributed by atoms with Crippen LogP contribution in [0.4, 0.5) is 0 Å². The van der Waals surface area contributed by atoms with E-state index in [4.69, 9.17) is 9.72 Å². The molecule has 5 heteroatoms. The summed E-state index contributed by atoms with van der Waals surface area (Å²) in [5, 5.41) is 0. The summed E-state index contributed by atoms with van der Waals surface area (Å²) in [5.41, 5.74) is 6.53. The largest absolute Gasteiger partial charge is 0.461 e. The molecule has 0 aliphatic heterocycles. The molecule has 0 saturated carbocycles. The standard InChI is InChI=1S/C21H21N3O2/c1-5-26-20(25)19-15(4)22-21-23(16-11-10-13(2)12-14(16)3)17-8-6-7-9-18(17)24(19)21/h6-12H,5H2,1-4H3. The van der Waals surface area contributed by atoms with Crippen molar-refractivity contribution in [3.63, 3.8) is 0 Å². The van der Waals surface area contributed by atoms with Gasteiger partial charge in [0.15, 0.2) is 5.69 Å². The molecule has 0 aliphatic rings. The van der Waals surface area contributed by atoms with Gasteiger partial charge < -0.3 is 4.74 Å². The molecule has 0 unspecified atom stereocenters. The Morgan fingerprint density at radius 2 is 1.81 bits per heavy atom. The van der Waals surface area contributed by atoms with Crippen LogP contribution in [0.2, 0.25) is 0 Å². The number of hydrogen-bond acceptors (Lipinski definition) is 3. The third kappa shape index (κ3) is 2.31. The Morgan fingerprint density at radius 3 is 2.50 bits per heavy atom. The van der Waals surface area contributed by atoms with Crippen LogP contribution in [0.1, 0.15) is 34.2 Å². The number of fused-ring (bicyclic) bond motifs is 3. The zero-order chi connectivity index (χ0) is 18.4. The van der Waals surface area contributed by atoms with Gasteiger partial charge >= 0.3 is 5.97 Å². The summed E-state index contributed by atoms with van der Waals surface area (Å²) >= 11 is 0. The molecule has 0 bridgehead atoms. The SMILES string of the molecule is CCOC(=O)c1c(C)nc2n(-c3ccc(C)cc3C)c3ccccc3n12. The Labute approximate surface area is 151 Å². The number of esters is 1. The molecule has 2 aromatic carbocycles. The number of para-hydroxylation sites is 2. The molecule has 2 heterocycles. The summed E-state index contributed by atoms with van der Waals surface area (Å²) in [7, 11) is 0. The molecule has 26 heavy (non-hydrogen) atoms. The van der Waals surface area contributed by atoms with Crippen LogP contribution in [0.25, 0.3) is 22.5 Å². The van der Waals surface area contributed by atoms with Crippen molar-refractivity contribution >= 4 is 22.8 Å². The lowest BCUT2D eigenvalue weighted by Crippen LogP contribution is -2.09. The van der Waals surface area contributed by atoms with Crippen LogP contribution in [0.3, 0.4) is 0 Å². The molecule has 0 amide bonds. The number of imidazole rings is 2. The van der Waals surface area contributed by atoms with Gasteiger partial charge in [-0.15, -0.1) is 0 Å². The second kappa shape index (κ2) is 6.02. The number of nitrogens with zero attached hydrogens (tertiary/aromatic N) is 3. The minimum atomic E-state index is -0.346. The fourth-order valence-corrected chi connectivity index (χ4v) is 3.58. The monoisotopic (exact) mass is 347 g/mol. The molecule has 0 atom stereocenters. The van der Waals surface area contributed by atoms with Crippen LogP contribution in [-0.2, 0) is 4.74 Å². The molecule has 4 rings (SSSR count). The van der Waals surface area contributed by atoms with Crippen molar-refractivity contribution in [2.45, 2.75) is 27.7 Å². The second-order valence-electron chi connectivity index (χ2n) is 6.52. The smallest absolute Gasteiger partial charge is 0.357 e. The van der Waals surface area contributed by atoms with E-state index in [0.29, 0.717) is 18.0 Å². The maximum absolute atomic E-state index is 12.5. The van der Waals surface area contributed by atoms with E-state index in [-0.39, 0.29) is 5.97 Å². The molecular formula is C21H21N3O2. The first-order valence-corrected chi connectivity index (χ1v) is 8.76. The number of aromatic nitrogens is 3. The average Bonchev–Trinajstić information content (AvgIpc) is 3.09. The van der Waals surface area contributed by atoms with E-state index in [0.717, 1.165) is 28.1 Å². The predicted octanol–water partition coefficient (Wildman–Crippen LogP) is 4.38. The number of ether oxygens (including phenoxy) is 1. The first-order valence-electron chi connectivity index (χ1n) is 8.76.